The number of carbonyl (C=O) groups is 2. The van der Waals surface area contributed by atoms with Crippen LogP contribution in [0.3, 0.4) is 0 Å². The smallest absolute Gasteiger partial charge is 0.335 e. The molecule has 0 spiro atoms. The maximum Gasteiger partial charge on any atom is 0.335 e. The highest BCUT2D eigenvalue weighted by molar-refractivity contribution is 6.45. The molecular formula is C20H18Cl2N2O3. The molecule has 27 heavy (non-hydrogen) atoms. The molecule has 140 valence electrons. The van der Waals surface area contributed by atoms with Crippen molar-refractivity contribution >= 4 is 46.0 Å². The zero-order valence-corrected chi connectivity index (χ0v) is 16.5. The maximum absolute atomic E-state index is 12.8. The Hall–Kier alpha value is -2.50. The van der Waals surface area contributed by atoms with Gasteiger partial charge in [-0.25, -0.2) is 4.79 Å². The molecule has 0 saturated heterocycles. The Morgan fingerprint density at radius 3 is 2.33 bits per heavy atom. The fraction of sp³-hybridized carbons (Fsp3) is 0.200. The SMILES string of the molecule is Cc1cc2c(cc(C(=O)N[C@H](C)c3ccc(C(=O)O)cc3)n2C)c(Cl)c1Cl. The third-order valence-electron chi connectivity index (χ3n) is 4.65. The summed E-state index contributed by atoms with van der Waals surface area (Å²) >= 11 is 12.6. The zero-order chi connectivity index (χ0) is 19.9. The van der Waals surface area contributed by atoms with Crippen molar-refractivity contribution in [2.45, 2.75) is 19.9 Å². The normalized spacial score (nSPS) is 12.2. The average Bonchev–Trinajstić information content (AvgIpc) is 2.96. The number of benzene rings is 2. The van der Waals surface area contributed by atoms with Crippen molar-refractivity contribution in [2.75, 3.05) is 0 Å². The van der Waals surface area contributed by atoms with Crippen LogP contribution in [0.15, 0.2) is 36.4 Å². The largest absolute Gasteiger partial charge is 0.478 e. The van der Waals surface area contributed by atoms with Crippen LogP contribution in [-0.2, 0) is 7.05 Å². The molecule has 0 fully saturated rings. The quantitative estimate of drug-likeness (QED) is 0.643. The van der Waals surface area contributed by atoms with Gasteiger partial charge in [0.2, 0.25) is 0 Å². The molecule has 0 saturated carbocycles. The van der Waals surface area contributed by atoms with Gasteiger partial charge in [0.1, 0.15) is 5.69 Å². The Morgan fingerprint density at radius 2 is 1.74 bits per heavy atom. The van der Waals surface area contributed by atoms with Gasteiger partial charge >= 0.3 is 5.97 Å². The first kappa shape index (κ1) is 19.3. The molecule has 3 aromatic rings. The molecule has 1 amide bonds. The summed E-state index contributed by atoms with van der Waals surface area (Å²) in [5, 5.41) is 13.5. The van der Waals surface area contributed by atoms with Crippen LogP contribution in [0.25, 0.3) is 10.9 Å². The highest BCUT2D eigenvalue weighted by Gasteiger charge is 2.19. The van der Waals surface area contributed by atoms with E-state index in [0.29, 0.717) is 15.7 Å². The lowest BCUT2D eigenvalue weighted by Gasteiger charge is -2.15. The topological polar surface area (TPSA) is 71.3 Å². The lowest BCUT2D eigenvalue weighted by atomic mass is 10.1. The van der Waals surface area contributed by atoms with Gasteiger partial charge in [-0.3, -0.25) is 4.79 Å². The number of fused-ring (bicyclic) bond motifs is 1. The van der Waals surface area contributed by atoms with Crippen LogP contribution in [0.4, 0.5) is 0 Å². The molecule has 0 radical (unpaired) electrons. The number of aryl methyl sites for hydroxylation is 2. The van der Waals surface area contributed by atoms with E-state index in [-0.39, 0.29) is 17.5 Å². The molecule has 0 aliphatic heterocycles. The number of hydrogen-bond donors (Lipinski definition) is 2. The Bertz CT molecular complexity index is 1060. The van der Waals surface area contributed by atoms with E-state index in [9.17, 15) is 9.59 Å². The number of carboxylic acids is 1. The van der Waals surface area contributed by atoms with Crippen LogP contribution >= 0.6 is 23.2 Å². The summed E-state index contributed by atoms with van der Waals surface area (Å²) in [4.78, 5) is 23.7. The number of carbonyl (C=O) groups excluding carboxylic acids is 1. The van der Waals surface area contributed by atoms with Crippen LogP contribution in [0.2, 0.25) is 10.0 Å². The summed E-state index contributed by atoms with van der Waals surface area (Å²) in [5.41, 5.74) is 3.14. The third-order valence-corrected chi connectivity index (χ3v) is 5.62. The molecule has 0 unspecified atom stereocenters. The summed E-state index contributed by atoms with van der Waals surface area (Å²) in [7, 11) is 1.80. The van der Waals surface area contributed by atoms with Gasteiger partial charge in [-0.1, -0.05) is 35.3 Å². The molecule has 1 aromatic heterocycles. The van der Waals surface area contributed by atoms with Gasteiger partial charge in [0, 0.05) is 12.4 Å². The monoisotopic (exact) mass is 404 g/mol. The Kier molecular flexibility index (Phi) is 5.18. The van der Waals surface area contributed by atoms with Crippen LogP contribution in [0.1, 0.15) is 44.9 Å². The highest BCUT2D eigenvalue weighted by atomic mass is 35.5. The van der Waals surface area contributed by atoms with Crippen LogP contribution in [0, 0.1) is 6.92 Å². The Morgan fingerprint density at radius 1 is 1.11 bits per heavy atom. The second kappa shape index (κ2) is 7.25. The predicted octanol–water partition coefficient (Wildman–Crippen LogP) is 4.98. The number of aromatic carboxylic acids is 1. The number of nitrogens with one attached hydrogen (secondary N) is 1. The summed E-state index contributed by atoms with van der Waals surface area (Å²) in [5.74, 6) is -1.24. The van der Waals surface area contributed by atoms with Gasteiger partial charge in [-0.15, -0.1) is 0 Å². The fourth-order valence-electron chi connectivity index (χ4n) is 3.01. The van der Waals surface area contributed by atoms with E-state index in [1.165, 1.54) is 12.1 Å². The van der Waals surface area contributed by atoms with Crippen molar-refractivity contribution in [3.8, 4) is 0 Å². The molecule has 2 aromatic carbocycles. The number of aromatic nitrogens is 1. The zero-order valence-electron chi connectivity index (χ0n) is 15.0. The molecule has 5 nitrogen and oxygen atoms in total. The number of nitrogens with zero attached hydrogens (tertiary/aromatic N) is 1. The Labute approximate surface area is 166 Å². The van der Waals surface area contributed by atoms with E-state index in [4.69, 9.17) is 28.3 Å². The van der Waals surface area contributed by atoms with Gasteiger partial charge in [0.25, 0.3) is 5.91 Å². The van der Waals surface area contributed by atoms with Gasteiger partial charge in [0.15, 0.2) is 0 Å². The van der Waals surface area contributed by atoms with Gasteiger partial charge in [-0.05, 0) is 49.2 Å². The van der Waals surface area contributed by atoms with Crippen molar-refractivity contribution in [3.05, 3.63) is 68.8 Å². The van der Waals surface area contributed by atoms with Crippen molar-refractivity contribution in [1.29, 1.82) is 0 Å². The molecular weight excluding hydrogens is 387 g/mol. The van der Waals surface area contributed by atoms with E-state index in [0.717, 1.165) is 22.0 Å². The summed E-state index contributed by atoms with van der Waals surface area (Å²) < 4.78 is 1.78. The third kappa shape index (κ3) is 3.53. The van der Waals surface area contributed by atoms with Crippen molar-refractivity contribution in [2.24, 2.45) is 7.05 Å². The van der Waals surface area contributed by atoms with Gasteiger partial charge < -0.3 is 15.0 Å². The van der Waals surface area contributed by atoms with Gasteiger partial charge in [-0.2, -0.15) is 0 Å². The van der Waals surface area contributed by atoms with Crippen molar-refractivity contribution in [3.63, 3.8) is 0 Å². The van der Waals surface area contributed by atoms with Crippen LogP contribution in [-0.4, -0.2) is 21.6 Å². The lowest BCUT2D eigenvalue weighted by Crippen LogP contribution is -2.28. The summed E-state index contributed by atoms with van der Waals surface area (Å²) in [6.45, 7) is 3.70. The number of hydrogen-bond acceptors (Lipinski definition) is 2. The minimum atomic E-state index is -0.987. The van der Waals surface area contributed by atoms with Crippen molar-refractivity contribution in [1.82, 2.24) is 9.88 Å². The molecule has 2 N–H and O–H groups in total. The van der Waals surface area contributed by atoms with E-state index in [1.54, 1.807) is 29.8 Å². The average molecular weight is 405 g/mol. The summed E-state index contributed by atoms with van der Waals surface area (Å²) in [6, 6.07) is 9.74. The minimum Gasteiger partial charge on any atom is -0.478 e. The second-order valence-corrected chi connectivity index (χ2v) is 7.22. The van der Waals surface area contributed by atoms with E-state index >= 15 is 0 Å². The second-order valence-electron chi connectivity index (χ2n) is 6.47. The molecule has 0 aliphatic rings. The minimum absolute atomic E-state index is 0.202. The fourth-order valence-corrected chi connectivity index (χ4v) is 3.47. The molecule has 0 bridgehead atoms. The number of carboxylic acid groups (broad SMARTS) is 1. The molecule has 7 heteroatoms. The van der Waals surface area contributed by atoms with Crippen molar-refractivity contribution < 1.29 is 14.7 Å². The van der Waals surface area contributed by atoms with E-state index < -0.39 is 5.97 Å². The van der Waals surface area contributed by atoms with E-state index in [2.05, 4.69) is 5.32 Å². The van der Waals surface area contributed by atoms with Crippen LogP contribution in [0.5, 0.6) is 0 Å². The Balaban J connectivity index is 1.88. The molecule has 1 heterocycles. The first-order chi connectivity index (χ1) is 12.7. The lowest BCUT2D eigenvalue weighted by molar-refractivity contribution is 0.0696. The first-order valence-electron chi connectivity index (χ1n) is 8.29. The number of rotatable bonds is 4. The molecule has 1 atom stereocenters. The molecule has 3 rings (SSSR count). The summed E-state index contributed by atoms with van der Waals surface area (Å²) in [6.07, 6.45) is 0. The maximum atomic E-state index is 12.8. The highest BCUT2D eigenvalue weighted by Crippen LogP contribution is 2.35. The standard InChI is InChI=1S/C20H18Cl2N2O3/c1-10-8-15-14(18(22)17(10)21)9-16(24(15)3)19(25)23-11(2)12-4-6-13(7-5-12)20(26)27/h4-9,11H,1-3H3,(H,23,25)(H,26,27)/t11-/m1/s1. The van der Waals surface area contributed by atoms with Gasteiger partial charge in [0.05, 0.1) is 27.2 Å². The van der Waals surface area contributed by atoms with E-state index in [1.807, 2.05) is 19.9 Å². The first-order valence-corrected chi connectivity index (χ1v) is 9.04. The predicted molar refractivity (Wildman–Crippen MR) is 107 cm³/mol. The number of halogens is 2. The number of amides is 1. The molecule has 0 aliphatic carbocycles. The van der Waals surface area contributed by atoms with Crippen LogP contribution < -0.4 is 5.32 Å².